The third-order valence-corrected chi connectivity index (χ3v) is 2.52. The van der Waals surface area contributed by atoms with Crippen LogP contribution in [0.3, 0.4) is 0 Å². The van der Waals surface area contributed by atoms with Gasteiger partial charge in [0.1, 0.15) is 0 Å². The van der Waals surface area contributed by atoms with Crippen LogP contribution < -0.4 is 0 Å². The summed E-state index contributed by atoms with van der Waals surface area (Å²) in [5.74, 6) is 0. The molecule has 0 spiro atoms. The van der Waals surface area contributed by atoms with Crippen molar-refractivity contribution >= 4 is 0 Å². The van der Waals surface area contributed by atoms with Gasteiger partial charge in [-0.1, -0.05) is 24.3 Å². The first-order valence-corrected chi connectivity index (χ1v) is 4.98. The van der Waals surface area contributed by atoms with E-state index in [1.165, 1.54) is 0 Å². The number of aromatic nitrogens is 2. The summed E-state index contributed by atoms with van der Waals surface area (Å²) in [5.41, 5.74) is 3.04. The van der Waals surface area contributed by atoms with Crippen molar-refractivity contribution in [1.82, 2.24) is 9.97 Å². The van der Waals surface area contributed by atoms with Gasteiger partial charge in [-0.25, -0.2) is 4.98 Å². The predicted molar refractivity (Wildman–Crippen MR) is 58.4 cm³/mol. The monoisotopic (exact) mass is 202 g/mol. The van der Waals surface area contributed by atoms with Crippen LogP contribution in [0, 0.1) is 6.92 Å². The summed E-state index contributed by atoms with van der Waals surface area (Å²) in [7, 11) is 0. The van der Waals surface area contributed by atoms with Crippen LogP contribution in [0.15, 0.2) is 36.8 Å². The highest BCUT2D eigenvalue weighted by Gasteiger charge is 2.10. The molecule has 2 rings (SSSR count). The molecule has 0 saturated carbocycles. The highest BCUT2D eigenvalue weighted by atomic mass is 16.3. The molecule has 3 heteroatoms. The number of nitrogens with zero attached hydrogens (tertiary/aromatic N) is 1. The minimum absolute atomic E-state index is 0.466. The third kappa shape index (κ3) is 2.25. The fourth-order valence-corrected chi connectivity index (χ4v) is 1.68. The van der Waals surface area contributed by atoms with Crippen molar-refractivity contribution in [3.05, 3.63) is 53.6 Å². The maximum atomic E-state index is 10.0. The Hall–Kier alpha value is -1.61. The van der Waals surface area contributed by atoms with Gasteiger partial charge in [0.2, 0.25) is 0 Å². The van der Waals surface area contributed by atoms with Crippen LogP contribution in [0.5, 0.6) is 0 Å². The highest BCUT2D eigenvalue weighted by molar-refractivity contribution is 5.28. The van der Waals surface area contributed by atoms with Crippen molar-refractivity contribution in [2.75, 3.05) is 0 Å². The summed E-state index contributed by atoms with van der Waals surface area (Å²) in [6.07, 6.45) is 3.47. The molecule has 1 unspecified atom stereocenters. The van der Waals surface area contributed by atoms with E-state index in [0.717, 1.165) is 16.8 Å². The predicted octanol–water partition coefficient (Wildman–Crippen LogP) is 1.99. The van der Waals surface area contributed by atoms with E-state index < -0.39 is 6.10 Å². The van der Waals surface area contributed by atoms with E-state index in [1.807, 2.05) is 31.2 Å². The zero-order valence-electron chi connectivity index (χ0n) is 8.64. The molecule has 2 N–H and O–H groups in total. The first kappa shape index (κ1) is 9.93. The molecular weight excluding hydrogens is 188 g/mol. The van der Waals surface area contributed by atoms with Crippen molar-refractivity contribution in [2.24, 2.45) is 0 Å². The van der Waals surface area contributed by atoms with E-state index in [4.69, 9.17) is 0 Å². The van der Waals surface area contributed by atoms with Crippen molar-refractivity contribution < 1.29 is 5.11 Å². The van der Waals surface area contributed by atoms with Crippen molar-refractivity contribution in [3.63, 3.8) is 0 Å². The number of aryl methyl sites for hydroxylation is 1. The molecule has 1 heterocycles. The lowest BCUT2D eigenvalue weighted by molar-refractivity contribution is 0.176. The average molecular weight is 202 g/mol. The van der Waals surface area contributed by atoms with Gasteiger partial charge in [-0.3, -0.25) is 0 Å². The van der Waals surface area contributed by atoms with Crippen molar-refractivity contribution in [1.29, 1.82) is 0 Å². The fourth-order valence-electron chi connectivity index (χ4n) is 1.68. The van der Waals surface area contributed by atoms with Gasteiger partial charge < -0.3 is 10.1 Å². The lowest BCUT2D eigenvalue weighted by atomic mass is 10.0. The van der Waals surface area contributed by atoms with Gasteiger partial charge in [-0.15, -0.1) is 0 Å². The van der Waals surface area contributed by atoms with Gasteiger partial charge in [0, 0.05) is 18.3 Å². The minimum Gasteiger partial charge on any atom is -0.388 e. The molecule has 0 amide bonds. The van der Waals surface area contributed by atoms with Crippen LogP contribution >= 0.6 is 0 Å². The van der Waals surface area contributed by atoms with E-state index in [2.05, 4.69) is 9.97 Å². The van der Waals surface area contributed by atoms with E-state index in [9.17, 15) is 5.11 Å². The highest BCUT2D eigenvalue weighted by Crippen LogP contribution is 2.20. The second-order valence-corrected chi connectivity index (χ2v) is 3.65. The number of H-pyrrole nitrogens is 1. The summed E-state index contributed by atoms with van der Waals surface area (Å²) in [5, 5.41) is 10.0. The van der Waals surface area contributed by atoms with Gasteiger partial charge in [0.25, 0.3) is 0 Å². The van der Waals surface area contributed by atoms with Crippen LogP contribution in [0.2, 0.25) is 0 Å². The minimum atomic E-state index is -0.466. The number of rotatable bonds is 3. The average Bonchev–Trinajstić information content (AvgIpc) is 2.71. The Bertz CT molecular complexity index is 423. The molecule has 2 aromatic rings. The molecule has 78 valence electrons. The van der Waals surface area contributed by atoms with Crippen LogP contribution in [-0.2, 0) is 6.42 Å². The fraction of sp³-hybridized carbons (Fsp3) is 0.250. The molecule has 0 saturated heterocycles. The number of hydrogen-bond donors (Lipinski definition) is 2. The Morgan fingerprint density at radius 3 is 2.87 bits per heavy atom. The second-order valence-electron chi connectivity index (χ2n) is 3.65. The normalized spacial score (nSPS) is 12.7. The molecule has 15 heavy (non-hydrogen) atoms. The van der Waals surface area contributed by atoms with Gasteiger partial charge in [-0.05, 0) is 18.1 Å². The lowest BCUT2D eigenvalue weighted by Crippen LogP contribution is -2.03. The number of aromatic amines is 1. The summed E-state index contributed by atoms with van der Waals surface area (Å²) >= 11 is 0. The summed E-state index contributed by atoms with van der Waals surface area (Å²) < 4.78 is 0. The topological polar surface area (TPSA) is 48.9 Å². The van der Waals surface area contributed by atoms with Crippen LogP contribution in [-0.4, -0.2) is 15.1 Å². The molecule has 0 fully saturated rings. The molecule has 3 nitrogen and oxygen atoms in total. The smallest absolute Gasteiger partial charge is 0.0921 e. The molecule has 0 aliphatic heterocycles. The Balaban J connectivity index is 2.15. The number of benzene rings is 1. The van der Waals surface area contributed by atoms with Gasteiger partial charge in [0.05, 0.1) is 12.4 Å². The standard InChI is InChI=1S/C12H14N2O/c1-9-4-2-3-5-11(9)12(15)6-10-7-13-8-14-10/h2-5,7-8,12,15H,6H2,1H3,(H,13,14). The number of imidazole rings is 1. The van der Waals surface area contributed by atoms with Gasteiger partial charge in [-0.2, -0.15) is 0 Å². The quantitative estimate of drug-likeness (QED) is 0.799. The summed E-state index contributed by atoms with van der Waals surface area (Å²) in [4.78, 5) is 6.91. The number of hydrogen-bond acceptors (Lipinski definition) is 2. The Labute approximate surface area is 88.8 Å². The van der Waals surface area contributed by atoms with Gasteiger partial charge >= 0.3 is 0 Å². The van der Waals surface area contributed by atoms with Crippen LogP contribution in [0.4, 0.5) is 0 Å². The van der Waals surface area contributed by atoms with E-state index in [1.54, 1.807) is 12.5 Å². The molecule has 1 atom stereocenters. The number of aliphatic hydroxyl groups excluding tert-OH is 1. The van der Waals surface area contributed by atoms with Gasteiger partial charge in [0.15, 0.2) is 0 Å². The van der Waals surface area contributed by atoms with Crippen molar-refractivity contribution in [3.8, 4) is 0 Å². The summed E-state index contributed by atoms with van der Waals surface area (Å²) in [6.45, 7) is 2.01. The van der Waals surface area contributed by atoms with Crippen LogP contribution in [0.25, 0.3) is 0 Å². The molecule has 0 bridgehead atoms. The molecule has 0 aliphatic rings. The molecule has 1 aromatic carbocycles. The SMILES string of the molecule is Cc1ccccc1C(O)Cc1cnc[nH]1. The second kappa shape index (κ2) is 4.28. The first-order chi connectivity index (χ1) is 7.27. The maximum Gasteiger partial charge on any atom is 0.0921 e. The zero-order chi connectivity index (χ0) is 10.7. The molecular formula is C12H14N2O. The largest absolute Gasteiger partial charge is 0.388 e. The van der Waals surface area contributed by atoms with Crippen molar-refractivity contribution in [2.45, 2.75) is 19.4 Å². The zero-order valence-corrected chi connectivity index (χ0v) is 8.64. The van der Waals surface area contributed by atoms with Crippen LogP contribution in [0.1, 0.15) is 22.9 Å². The third-order valence-electron chi connectivity index (χ3n) is 2.52. The lowest BCUT2D eigenvalue weighted by Gasteiger charge is -2.12. The van der Waals surface area contributed by atoms with E-state index >= 15 is 0 Å². The first-order valence-electron chi connectivity index (χ1n) is 4.98. The van der Waals surface area contributed by atoms with E-state index in [0.29, 0.717) is 6.42 Å². The molecule has 0 aliphatic carbocycles. The number of nitrogens with one attached hydrogen (secondary N) is 1. The number of aliphatic hydroxyl groups is 1. The maximum absolute atomic E-state index is 10.0. The van der Waals surface area contributed by atoms with E-state index in [-0.39, 0.29) is 0 Å². The molecule has 0 radical (unpaired) electrons. The Morgan fingerprint density at radius 1 is 1.40 bits per heavy atom. The summed E-state index contributed by atoms with van der Waals surface area (Å²) in [6, 6.07) is 7.88. The molecule has 1 aromatic heterocycles. The Kier molecular flexibility index (Phi) is 2.83. The Morgan fingerprint density at radius 2 is 2.20 bits per heavy atom.